The fourth-order valence-corrected chi connectivity index (χ4v) is 3.71. The lowest BCUT2D eigenvalue weighted by Gasteiger charge is -2.39. The van der Waals surface area contributed by atoms with Gasteiger partial charge in [0.25, 0.3) is 0 Å². The Morgan fingerprint density at radius 2 is 1.86 bits per heavy atom. The molecule has 1 aliphatic rings. The number of hydrogen-bond donors (Lipinski definition) is 2. The Morgan fingerprint density at radius 3 is 2.41 bits per heavy atom. The number of rotatable bonds is 10. The van der Waals surface area contributed by atoms with Gasteiger partial charge in [-0.1, -0.05) is 45.7 Å². The second-order valence-corrected chi connectivity index (χ2v) is 7.74. The molecule has 0 spiro atoms. The third kappa shape index (κ3) is 8.41. The first kappa shape index (κ1) is 26.2. The van der Waals surface area contributed by atoms with Gasteiger partial charge in [-0.15, -0.1) is 24.0 Å². The molecule has 2 N–H and O–H groups in total. The van der Waals surface area contributed by atoms with E-state index in [-0.39, 0.29) is 24.0 Å². The lowest BCUT2D eigenvalue weighted by Crippen LogP contribution is -2.53. The summed E-state index contributed by atoms with van der Waals surface area (Å²) >= 11 is 0. The van der Waals surface area contributed by atoms with Crippen LogP contribution in [0.15, 0.2) is 15.6 Å². The van der Waals surface area contributed by atoms with Crippen molar-refractivity contribution in [2.75, 3.05) is 39.4 Å². The maximum absolute atomic E-state index is 5.55. The minimum atomic E-state index is 0. The Hall–Kier alpha value is -0.870. The number of hydrogen-bond acceptors (Lipinski definition) is 5. The van der Waals surface area contributed by atoms with Crippen LogP contribution < -0.4 is 10.6 Å². The molecule has 8 heteroatoms. The van der Waals surface area contributed by atoms with Crippen LogP contribution in [0.3, 0.4) is 0 Å². The first-order chi connectivity index (χ1) is 13.6. The topological polar surface area (TPSA) is 74.9 Å². The second kappa shape index (κ2) is 14.2. The van der Waals surface area contributed by atoms with E-state index in [0.717, 1.165) is 56.8 Å². The van der Waals surface area contributed by atoms with E-state index < -0.39 is 0 Å². The molecule has 1 aromatic rings. The fourth-order valence-electron chi connectivity index (χ4n) is 3.71. The molecule has 29 heavy (non-hydrogen) atoms. The van der Waals surface area contributed by atoms with E-state index in [0.29, 0.717) is 24.4 Å². The Balaban J connectivity index is 0.00000420. The van der Waals surface area contributed by atoms with Crippen molar-refractivity contribution in [1.82, 2.24) is 20.7 Å². The van der Waals surface area contributed by atoms with Crippen molar-refractivity contribution < 1.29 is 9.26 Å². The zero-order chi connectivity index (χ0) is 20.4. The Bertz CT molecular complexity index is 583. The molecule has 1 unspecified atom stereocenters. The molecule has 0 saturated carbocycles. The summed E-state index contributed by atoms with van der Waals surface area (Å²) in [5, 5.41) is 11.0. The maximum Gasteiger partial charge on any atom is 0.191 e. The highest BCUT2D eigenvalue weighted by Gasteiger charge is 2.27. The van der Waals surface area contributed by atoms with Gasteiger partial charge in [0.1, 0.15) is 6.54 Å². The summed E-state index contributed by atoms with van der Waals surface area (Å²) in [5.41, 5.74) is 0.976. The van der Waals surface area contributed by atoms with E-state index >= 15 is 0 Å². The summed E-state index contributed by atoms with van der Waals surface area (Å²) in [6, 6.07) is 2.49. The highest BCUT2D eigenvalue weighted by Crippen LogP contribution is 2.19. The van der Waals surface area contributed by atoms with Crippen molar-refractivity contribution in [1.29, 1.82) is 0 Å². The Kier molecular flexibility index (Phi) is 12.8. The van der Waals surface area contributed by atoms with Crippen molar-refractivity contribution >= 4 is 29.9 Å². The highest BCUT2D eigenvalue weighted by molar-refractivity contribution is 14.0. The molecule has 0 aliphatic carbocycles. The van der Waals surface area contributed by atoms with Crippen molar-refractivity contribution in [3.8, 4) is 0 Å². The van der Waals surface area contributed by atoms with Crippen LogP contribution in [0, 0.1) is 5.92 Å². The van der Waals surface area contributed by atoms with Gasteiger partial charge in [0, 0.05) is 38.3 Å². The van der Waals surface area contributed by atoms with Crippen LogP contribution in [-0.4, -0.2) is 61.5 Å². The lowest BCUT2D eigenvalue weighted by molar-refractivity contribution is 0.00272. The zero-order valence-corrected chi connectivity index (χ0v) is 21.1. The normalized spacial score (nSPS) is 16.7. The number of ether oxygens (including phenoxy) is 1. The third-order valence-electron chi connectivity index (χ3n) is 5.49. The summed E-state index contributed by atoms with van der Waals surface area (Å²) in [6.45, 7) is 16.8. The molecule has 1 saturated heterocycles. The largest absolute Gasteiger partial charge is 0.379 e. The van der Waals surface area contributed by atoms with Crippen molar-refractivity contribution in [3.05, 3.63) is 17.5 Å². The third-order valence-corrected chi connectivity index (χ3v) is 5.49. The molecule has 0 bridgehead atoms. The smallest absolute Gasteiger partial charge is 0.191 e. The molecule has 2 heterocycles. The summed E-state index contributed by atoms with van der Waals surface area (Å²) in [6.07, 6.45) is 2.37. The maximum atomic E-state index is 5.55. The average molecular weight is 521 g/mol. The Morgan fingerprint density at radius 1 is 1.17 bits per heavy atom. The van der Waals surface area contributed by atoms with E-state index in [1.807, 2.05) is 6.07 Å². The van der Waals surface area contributed by atoms with Gasteiger partial charge < -0.3 is 19.9 Å². The summed E-state index contributed by atoms with van der Waals surface area (Å²) in [4.78, 5) is 7.27. The summed E-state index contributed by atoms with van der Waals surface area (Å²) in [7, 11) is 0. The van der Waals surface area contributed by atoms with Crippen LogP contribution in [0.1, 0.15) is 64.8 Å². The first-order valence-corrected chi connectivity index (χ1v) is 10.9. The number of halogens is 1. The van der Waals surface area contributed by atoms with E-state index in [2.05, 4.69) is 55.3 Å². The number of guanidine groups is 1. The fraction of sp³-hybridized carbons (Fsp3) is 0.810. The highest BCUT2D eigenvalue weighted by atomic mass is 127. The van der Waals surface area contributed by atoms with Crippen LogP contribution in [0.2, 0.25) is 0 Å². The molecule has 0 aromatic carbocycles. The molecule has 1 aromatic heterocycles. The molecular weight excluding hydrogens is 481 g/mol. The van der Waals surface area contributed by atoms with E-state index in [4.69, 9.17) is 14.3 Å². The van der Waals surface area contributed by atoms with E-state index in [1.54, 1.807) is 0 Å². The van der Waals surface area contributed by atoms with Gasteiger partial charge in [0.05, 0.1) is 18.9 Å². The molecule has 7 nitrogen and oxygen atoms in total. The zero-order valence-electron chi connectivity index (χ0n) is 18.7. The van der Waals surface area contributed by atoms with E-state index in [1.165, 1.54) is 12.8 Å². The minimum Gasteiger partial charge on any atom is -0.379 e. The van der Waals surface area contributed by atoms with Crippen molar-refractivity contribution in [2.45, 2.75) is 66.0 Å². The van der Waals surface area contributed by atoms with Crippen LogP contribution in [0.4, 0.5) is 0 Å². The van der Waals surface area contributed by atoms with Crippen LogP contribution in [0.5, 0.6) is 0 Å². The minimum absolute atomic E-state index is 0. The predicted octanol–water partition coefficient (Wildman–Crippen LogP) is 3.61. The molecule has 1 aliphatic heterocycles. The van der Waals surface area contributed by atoms with Gasteiger partial charge in [0.2, 0.25) is 0 Å². The molecule has 1 fully saturated rings. The van der Waals surface area contributed by atoms with Crippen molar-refractivity contribution in [2.24, 2.45) is 10.9 Å². The lowest BCUT2D eigenvalue weighted by atomic mass is 9.92. The first-order valence-electron chi connectivity index (χ1n) is 10.9. The molecular formula is C21H40IN5O2. The van der Waals surface area contributed by atoms with Crippen LogP contribution >= 0.6 is 24.0 Å². The molecule has 1 atom stereocenters. The van der Waals surface area contributed by atoms with Gasteiger partial charge in [-0.3, -0.25) is 4.90 Å². The van der Waals surface area contributed by atoms with Gasteiger partial charge in [-0.05, 0) is 18.8 Å². The monoisotopic (exact) mass is 521 g/mol. The molecule has 0 amide bonds. The van der Waals surface area contributed by atoms with Gasteiger partial charge >= 0.3 is 0 Å². The molecule has 168 valence electrons. The van der Waals surface area contributed by atoms with Gasteiger partial charge in [-0.25, -0.2) is 4.99 Å². The number of morpholine rings is 1. The van der Waals surface area contributed by atoms with E-state index in [9.17, 15) is 0 Å². The molecule has 0 radical (unpaired) electrons. The predicted molar refractivity (Wildman–Crippen MR) is 129 cm³/mol. The van der Waals surface area contributed by atoms with Crippen LogP contribution in [-0.2, 0) is 11.3 Å². The second-order valence-electron chi connectivity index (χ2n) is 7.74. The number of nitrogens with one attached hydrogen (secondary N) is 2. The van der Waals surface area contributed by atoms with Gasteiger partial charge in [0.15, 0.2) is 11.7 Å². The quantitative estimate of drug-likeness (QED) is 0.279. The average Bonchev–Trinajstić information content (AvgIpc) is 3.19. The Labute approximate surface area is 193 Å². The number of aromatic nitrogens is 1. The molecule has 2 rings (SSSR count). The summed E-state index contributed by atoms with van der Waals surface area (Å²) < 4.78 is 11.0. The van der Waals surface area contributed by atoms with Crippen LogP contribution in [0.25, 0.3) is 0 Å². The summed E-state index contributed by atoms with van der Waals surface area (Å²) in [5.74, 6) is 2.65. The van der Waals surface area contributed by atoms with Crippen molar-refractivity contribution in [3.63, 3.8) is 0 Å². The number of aliphatic imine (C=N–C) groups is 1. The standard InChI is InChI=1S/C21H39N5O2.HI/c1-6-17(7-2)20(26-9-11-27-12-10-26)15-24-21(22-8-3)23-14-18-13-19(16(4)5)25-28-18;/h13,16-17,20H,6-12,14-15H2,1-5H3,(H2,22,23,24);1H. The number of nitrogens with zero attached hydrogens (tertiary/aromatic N) is 3. The SMILES string of the molecule is CCNC(=NCc1cc(C(C)C)no1)NCC(C(CC)CC)N1CCOCC1.I. The van der Waals surface area contributed by atoms with Gasteiger partial charge in [-0.2, -0.15) is 0 Å².